The van der Waals surface area contributed by atoms with E-state index in [0.29, 0.717) is 15.2 Å². The van der Waals surface area contributed by atoms with E-state index >= 15 is 0 Å². The Labute approximate surface area is 135 Å². The van der Waals surface area contributed by atoms with Crippen LogP contribution in [0.15, 0.2) is 45.3 Å². The molecule has 2 rings (SSSR count). The molecule has 0 atom stereocenters. The fourth-order valence-electron chi connectivity index (χ4n) is 1.29. The van der Waals surface area contributed by atoms with Gasteiger partial charge in [0.1, 0.15) is 11.6 Å². The van der Waals surface area contributed by atoms with Crippen molar-refractivity contribution in [2.75, 3.05) is 0 Å². The molecule has 0 N–H and O–H groups in total. The van der Waals surface area contributed by atoms with E-state index in [1.165, 1.54) is 18.2 Å². The second-order valence-electron chi connectivity index (χ2n) is 3.75. The van der Waals surface area contributed by atoms with E-state index in [-0.39, 0.29) is 5.56 Å². The van der Waals surface area contributed by atoms with Gasteiger partial charge in [-0.2, -0.15) is 0 Å². The number of carbonyl (C=O) groups excluding carboxylic acids is 1. The minimum Gasteiger partial charge on any atom is -0.298 e. The number of aldehydes is 1. The molecule has 2 aromatic rings. The third kappa shape index (κ3) is 5.59. The fourth-order valence-corrected chi connectivity index (χ4v) is 2.04. The van der Waals surface area contributed by atoms with Gasteiger partial charge >= 0.3 is 0 Å². The summed E-state index contributed by atoms with van der Waals surface area (Å²) < 4.78 is 50.1. The van der Waals surface area contributed by atoms with Crippen LogP contribution in [-0.2, 0) is 0 Å². The maximum absolute atomic E-state index is 12.5. The molecule has 0 aliphatic carbocycles. The van der Waals surface area contributed by atoms with Crippen molar-refractivity contribution in [3.63, 3.8) is 0 Å². The summed E-state index contributed by atoms with van der Waals surface area (Å²) >= 11 is 6.08. The minimum atomic E-state index is -2.76. The SMILES string of the molecule is Fc1ccc(Br)cc1C(F)F.O=Cc1cc(Br)ccc1F. The van der Waals surface area contributed by atoms with Crippen LogP contribution < -0.4 is 0 Å². The number of benzene rings is 2. The smallest absolute Gasteiger partial charge is 0.266 e. The summed E-state index contributed by atoms with van der Waals surface area (Å²) in [4.78, 5) is 10.1. The van der Waals surface area contributed by atoms with Gasteiger partial charge in [-0.25, -0.2) is 17.6 Å². The number of carbonyl (C=O) groups is 1. The average molecular weight is 428 g/mol. The van der Waals surface area contributed by atoms with Gasteiger partial charge in [0.05, 0.1) is 11.1 Å². The second-order valence-corrected chi connectivity index (χ2v) is 5.58. The molecule has 0 aliphatic rings. The van der Waals surface area contributed by atoms with Crippen LogP contribution in [-0.4, -0.2) is 6.29 Å². The van der Waals surface area contributed by atoms with Gasteiger partial charge < -0.3 is 0 Å². The number of rotatable bonds is 2. The number of hydrogen-bond donors (Lipinski definition) is 0. The van der Waals surface area contributed by atoms with Crippen molar-refractivity contribution < 1.29 is 22.4 Å². The fraction of sp³-hybridized carbons (Fsp3) is 0.0714. The lowest BCUT2D eigenvalue weighted by Crippen LogP contribution is -1.89. The van der Waals surface area contributed by atoms with Crippen molar-refractivity contribution in [2.24, 2.45) is 0 Å². The van der Waals surface area contributed by atoms with Crippen molar-refractivity contribution in [3.8, 4) is 0 Å². The van der Waals surface area contributed by atoms with E-state index in [1.807, 2.05) is 0 Å². The topological polar surface area (TPSA) is 17.1 Å². The van der Waals surface area contributed by atoms with Crippen molar-refractivity contribution in [1.29, 1.82) is 0 Å². The van der Waals surface area contributed by atoms with Crippen molar-refractivity contribution in [3.05, 3.63) is 68.1 Å². The Kier molecular flexibility index (Phi) is 7.04. The van der Waals surface area contributed by atoms with Crippen LogP contribution in [0, 0.1) is 11.6 Å². The number of hydrogen-bond acceptors (Lipinski definition) is 1. The lowest BCUT2D eigenvalue weighted by molar-refractivity contribution is 0.111. The summed E-state index contributed by atoms with van der Waals surface area (Å²) in [5, 5.41) is 0. The minimum absolute atomic E-state index is 0.0781. The highest BCUT2D eigenvalue weighted by molar-refractivity contribution is 9.10. The molecule has 0 unspecified atom stereocenters. The van der Waals surface area contributed by atoms with E-state index in [1.54, 1.807) is 6.07 Å². The number of alkyl halides is 2. The molecule has 0 saturated carbocycles. The standard InChI is InChI=1S/C7H4BrF3.C7H4BrFO/c8-4-1-2-6(9)5(3-4)7(10)11;8-6-1-2-7(9)5(3-6)4-10/h1-3,7H;1-4H. The Hall–Kier alpha value is -1.21. The van der Waals surface area contributed by atoms with E-state index < -0.39 is 23.6 Å². The molecule has 112 valence electrons. The van der Waals surface area contributed by atoms with Crippen LogP contribution >= 0.6 is 31.9 Å². The van der Waals surface area contributed by atoms with Gasteiger partial charge in [0.2, 0.25) is 0 Å². The third-order valence-electron chi connectivity index (χ3n) is 2.28. The molecule has 21 heavy (non-hydrogen) atoms. The first-order valence-corrected chi connectivity index (χ1v) is 7.07. The van der Waals surface area contributed by atoms with Crippen LogP contribution in [0.25, 0.3) is 0 Å². The molecule has 0 heterocycles. The van der Waals surface area contributed by atoms with Gasteiger partial charge in [-0.3, -0.25) is 4.79 Å². The largest absolute Gasteiger partial charge is 0.298 e. The summed E-state index contributed by atoms with van der Waals surface area (Å²) in [6.07, 6.45) is -2.27. The zero-order chi connectivity index (χ0) is 16.0. The second kappa shape index (κ2) is 8.29. The van der Waals surface area contributed by atoms with Gasteiger partial charge in [-0.15, -0.1) is 0 Å². The molecule has 0 saturated heterocycles. The molecule has 1 nitrogen and oxygen atoms in total. The molecular weight excluding hydrogens is 420 g/mol. The highest BCUT2D eigenvalue weighted by Gasteiger charge is 2.12. The molecule has 0 aliphatic heterocycles. The first-order chi connectivity index (χ1) is 9.85. The summed E-state index contributed by atoms with van der Waals surface area (Å²) in [7, 11) is 0. The Balaban J connectivity index is 0.000000211. The van der Waals surface area contributed by atoms with E-state index in [9.17, 15) is 22.4 Å². The van der Waals surface area contributed by atoms with Gasteiger partial charge in [0, 0.05) is 8.95 Å². The quantitative estimate of drug-likeness (QED) is 0.429. The predicted octanol–water partition coefficient (Wildman–Crippen LogP) is 5.93. The molecule has 0 radical (unpaired) electrons. The molecule has 0 aromatic heterocycles. The summed E-state index contributed by atoms with van der Waals surface area (Å²) in [6.45, 7) is 0. The first-order valence-electron chi connectivity index (χ1n) is 5.48. The van der Waals surface area contributed by atoms with Gasteiger partial charge in [0.15, 0.2) is 6.29 Å². The van der Waals surface area contributed by atoms with Crippen LogP contribution in [0.4, 0.5) is 17.6 Å². The Morgan fingerprint density at radius 3 is 1.86 bits per heavy atom. The van der Waals surface area contributed by atoms with Crippen LogP contribution in [0.1, 0.15) is 22.3 Å². The van der Waals surface area contributed by atoms with Crippen molar-refractivity contribution >= 4 is 38.1 Å². The third-order valence-corrected chi connectivity index (χ3v) is 3.26. The lowest BCUT2D eigenvalue weighted by atomic mass is 10.2. The molecule has 0 spiro atoms. The van der Waals surface area contributed by atoms with Crippen molar-refractivity contribution in [2.45, 2.75) is 6.43 Å². The molecular formula is C14H8Br2F4O. The molecule has 0 amide bonds. The van der Waals surface area contributed by atoms with Crippen LogP contribution in [0.5, 0.6) is 0 Å². The van der Waals surface area contributed by atoms with Gasteiger partial charge in [-0.1, -0.05) is 31.9 Å². The number of halogens is 6. The van der Waals surface area contributed by atoms with E-state index in [2.05, 4.69) is 31.9 Å². The van der Waals surface area contributed by atoms with Crippen molar-refractivity contribution in [1.82, 2.24) is 0 Å². The molecule has 2 aromatic carbocycles. The zero-order valence-corrected chi connectivity index (χ0v) is 13.5. The Morgan fingerprint density at radius 1 is 0.905 bits per heavy atom. The zero-order valence-electron chi connectivity index (χ0n) is 10.3. The van der Waals surface area contributed by atoms with E-state index in [0.717, 1.165) is 12.1 Å². The van der Waals surface area contributed by atoms with Gasteiger partial charge in [0.25, 0.3) is 6.43 Å². The van der Waals surface area contributed by atoms with E-state index in [4.69, 9.17) is 0 Å². The lowest BCUT2D eigenvalue weighted by Gasteiger charge is -2.00. The Bertz CT molecular complexity index is 632. The highest BCUT2D eigenvalue weighted by Crippen LogP contribution is 2.24. The summed E-state index contributed by atoms with van der Waals surface area (Å²) in [6, 6.07) is 7.67. The molecule has 0 bridgehead atoms. The monoisotopic (exact) mass is 426 g/mol. The Morgan fingerprint density at radius 2 is 1.43 bits per heavy atom. The summed E-state index contributed by atoms with van der Waals surface area (Å²) in [5.74, 6) is -1.36. The molecule has 0 fully saturated rings. The predicted molar refractivity (Wildman–Crippen MR) is 78.5 cm³/mol. The highest BCUT2D eigenvalue weighted by atomic mass is 79.9. The maximum atomic E-state index is 12.5. The van der Waals surface area contributed by atoms with Crippen LogP contribution in [0.2, 0.25) is 0 Å². The first kappa shape index (κ1) is 17.8. The summed E-state index contributed by atoms with van der Waals surface area (Å²) in [5.41, 5.74) is -0.492. The maximum Gasteiger partial charge on any atom is 0.266 e. The van der Waals surface area contributed by atoms with Crippen LogP contribution in [0.3, 0.4) is 0 Å². The van der Waals surface area contributed by atoms with Gasteiger partial charge in [-0.05, 0) is 36.4 Å². The average Bonchev–Trinajstić information content (AvgIpc) is 2.44. The molecule has 7 heteroatoms. The normalized spacial score (nSPS) is 10.0.